The fourth-order valence-corrected chi connectivity index (χ4v) is 1.73. The highest BCUT2D eigenvalue weighted by Gasteiger charge is 2.19. The van der Waals surface area contributed by atoms with Gasteiger partial charge in [0.25, 0.3) is 5.91 Å². The molecule has 23 heavy (non-hydrogen) atoms. The summed E-state index contributed by atoms with van der Waals surface area (Å²) in [4.78, 5) is 32.8. The minimum absolute atomic E-state index is 0.0219. The standard InChI is InChI=1S/C13H8ClFN2O6/c14-8-5-7(15)1-2-9(8)16-11(18)6-22-13(19)10-3-4-12(23-10)17(20)21/h1-5H,6H2,(H,16,18). The molecule has 2 rings (SSSR count). The van der Waals surface area contributed by atoms with Crippen molar-refractivity contribution in [2.24, 2.45) is 0 Å². The van der Waals surface area contributed by atoms with E-state index in [1.54, 1.807) is 0 Å². The van der Waals surface area contributed by atoms with Crippen LogP contribution in [0.3, 0.4) is 0 Å². The molecule has 0 saturated heterocycles. The smallest absolute Gasteiger partial charge is 0.433 e. The molecular formula is C13H8ClFN2O6. The van der Waals surface area contributed by atoms with Crippen LogP contribution in [0.5, 0.6) is 0 Å². The van der Waals surface area contributed by atoms with Gasteiger partial charge in [0.2, 0.25) is 5.76 Å². The summed E-state index contributed by atoms with van der Waals surface area (Å²) in [5.41, 5.74) is 0.141. The van der Waals surface area contributed by atoms with E-state index in [4.69, 9.17) is 11.6 Å². The molecule has 1 aromatic carbocycles. The highest BCUT2D eigenvalue weighted by molar-refractivity contribution is 6.33. The van der Waals surface area contributed by atoms with E-state index in [1.807, 2.05) is 0 Å². The average Bonchev–Trinajstić information content (AvgIpc) is 2.98. The molecule has 120 valence electrons. The molecule has 2 aromatic rings. The molecule has 0 atom stereocenters. The van der Waals surface area contributed by atoms with Crippen LogP contribution in [-0.2, 0) is 9.53 Å². The van der Waals surface area contributed by atoms with Gasteiger partial charge in [-0.2, -0.15) is 0 Å². The van der Waals surface area contributed by atoms with Crippen molar-refractivity contribution in [3.63, 3.8) is 0 Å². The number of nitrogens with one attached hydrogen (secondary N) is 1. The SMILES string of the molecule is O=C(COC(=O)c1ccc([N+](=O)[O-])o1)Nc1ccc(F)cc1Cl. The first kappa shape index (κ1) is 16.4. The van der Waals surface area contributed by atoms with Crippen LogP contribution in [0.4, 0.5) is 16.0 Å². The third-order valence-electron chi connectivity index (χ3n) is 2.51. The van der Waals surface area contributed by atoms with Gasteiger partial charge in [-0.3, -0.25) is 14.9 Å². The van der Waals surface area contributed by atoms with Gasteiger partial charge in [-0.25, -0.2) is 9.18 Å². The first-order valence-corrected chi connectivity index (χ1v) is 6.41. The van der Waals surface area contributed by atoms with Crippen molar-refractivity contribution in [2.75, 3.05) is 11.9 Å². The molecule has 1 heterocycles. The number of nitro groups is 1. The highest BCUT2D eigenvalue weighted by Crippen LogP contribution is 2.22. The summed E-state index contributed by atoms with van der Waals surface area (Å²) in [5.74, 6) is -3.38. The van der Waals surface area contributed by atoms with Crippen molar-refractivity contribution in [2.45, 2.75) is 0 Å². The van der Waals surface area contributed by atoms with E-state index in [9.17, 15) is 24.1 Å². The van der Waals surface area contributed by atoms with Gasteiger partial charge >= 0.3 is 11.9 Å². The summed E-state index contributed by atoms with van der Waals surface area (Å²) in [7, 11) is 0. The lowest BCUT2D eigenvalue weighted by Gasteiger charge is -2.07. The summed E-state index contributed by atoms with van der Waals surface area (Å²) in [5, 5.41) is 12.7. The number of carbonyl (C=O) groups is 2. The third kappa shape index (κ3) is 4.27. The first-order chi connectivity index (χ1) is 10.9. The van der Waals surface area contributed by atoms with Crippen LogP contribution in [0.25, 0.3) is 0 Å². The topological polar surface area (TPSA) is 112 Å². The molecular weight excluding hydrogens is 335 g/mol. The lowest BCUT2D eigenvalue weighted by molar-refractivity contribution is -0.402. The monoisotopic (exact) mass is 342 g/mol. The minimum Gasteiger partial charge on any atom is -0.450 e. The molecule has 1 amide bonds. The summed E-state index contributed by atoms with van der Waals surface area (Å²) in [6.45, 7) is -0.680. The van der Waals surface area contributed by atoms with Gasteiger partial charge in [0.1, 0.15) is 10.7 Å². The number of halogens is 2. The molecule has 0 spiro atoms. The number of hydrogen-bond acceptors (Lipinski definition) is 6. The number of ether oxygens (including phenoxy) is 1. The van der Waals surface area contributed by atoms with Crippen molar-refractivity contribution in [3.8, 4) is 0 Å². The number of nitrogens with zero attached hydrogens (tertiary/aromatic N) is 1. The maximum atomic E-state index is 12.9. The number of hydrogen-bond donors (Lipinski definition) is 1. The number of carbonyl (C=O) groups excluding carboxylic acids is 2. The molecule has 10 heteroatoms. The summed E-state index contributed by atoms with van der Waals surface area (Å²) >= 11 is 5.72. The Bertz CT molecular complexity index is 776. The van der Waals surface area contributed by atoms with Gasteiger partial charge in [0, 0.05) is 0 Å². The molecule has 0 fully saturated rings. The Morgan fingerprint density at radius 1 is 1.35 bits per heavy atom. The second-order valence-corrected chi connectivity index (χ2v) is 4.55. The summed E-state index contributed by atoms with van der Waals surface area (Å²) < 4.78 is 22.1. The molecule has 0 aliphatic carbocycles. The molecule has 1 aromatic heterocycles. The first-order valence-electron chi connectivity index (χ1n) is 6.03. The van der Waals surface area contributed by atoms with Gasteiger partial charge in [0.15, 0.2) is 6.61 Å². The van der Waals surface area contributed by atoms with Crippen molar-refractivity contribution in [1.82, 2.24) is 0 Å². The van der Waals surface area contributed by atoms with Gasteiger partial charge in [-0.15, -0.1) is 0 Å². The van der Waals surface area contributed by atoms with E-state index in [1.165, 1.54) is 6.07 Å². The number of amides is 1. The molecule has 0 radical (unpaired) electrons. The summed E-state index contributed by atoms with van der Waals surface area (Å²) in [6, 6.07) is 5.37. The van der Waals surface area contributed by atoms with Gasteiger partial charge < -0.3 is 14.5 Å². The fraction of sp³-hybridized carbons (Fsp3) is 0.0769. The predicted molar refractivity (Wildman–Crippen MR) is 75.7 cm³/mol. The van der Waals surface area contributed by atoms with Crippen LogP contribution in [0.1, 0.15) is 10.6 Å². The van der Waals surface area contributed by atoms with E-state index in [2.05, 4.69) is 14.5 Å². The van der Waals surface area contributed by atoms with Gasteiger partial charge in [-0.1, -0.05) is 11.6 Å². The second kappa shape index (κ2) is 6.88. The zero-order valence-electron chi connectivity index (χ0n) is 11.2. The van der Waals surface area contributed by atoms with E-state index >= 15 is 0 Å². The van der Waals surface area contributed by atoms with E-state index < -0.39 is 40.9 Å². The molecule has 0 saturated carbocycles. The lowest BCUT2D eigenvalue weighted by atomic mass is 10.3. The predicted octanol–water partition coefficient (Wildman–Crippen LogP) is 2.78. The highest BCUT2D eigenvalue weighted by atomic mass is 35.5. The van der Waals surface area contributed by atoms with Crippen LogP contribution >= 0.6 is 11.6 Å². The Morgan fingerprint density at radius 2 is 2.09 bits per heavy atom. The van der Waals surface area contributed by atoms with Crippen molar-refractivity contribution in [1.29, 1.82) is 0 Å². The third-order valence-corrected chi connectivity index (χ3v) is 2.83. The molecule has 0 unspecified atom stereocenters. The Balaban J connectivity index is 1.90. The van der Waals surface area contributed by atoms with E-state index in [0.29, 0.717) is 0 Å². The van der Waals surface area contributed by atoms with E-state index in [-0.39, 0.29) is 10.7 Å². The summed E-state index contributed by atoms with van der Waals surface area (Å²) in [6.07, 6.45) is 0. The molecule has 0 aliphatic heterocycles. The lowest BCUT2D eigenvalue weighted by Crippen LogP contribution is -2.21. The minimum atomic E-state index is -1.04. The number of furan rings is 1. The fourth-order valence-electron chi connectivity index (χ4n) is 1.51. The molecule has 0 aliphatic rings. The van der Waals surface area contributed by atoms with Crippen LogP contribution in [-0.4, -0.2) is 23.4 Å². The van der Waals surface area contributed by atoms with Gasteiger partial charge in [0.05, 0.1) is 16.8 Å². The number of anilines is 1. The van der Waals surface area contributed by atoms with Crippen LogP contribution < -0.4 is 5.32 Å². The quantitative estimate of drug-likeness (QED) is 0.508. The number of esters is 1. The van der Waals surface area contributed by atoms with Crippen molar-refractivity contribution >= 4 is 35.0 Å². The average molecular weight is 343 g/mol. The zero-order valence-corrected chi connectivity index (χ0v) is 12.0. The normalized spacial score (nSPS) is 10.2. The zero-order chi connectivity index (χ0) is 17.0. The number of benzene rings is 1. The molecule has 1 N–H and O–H groups in total. The van der Waals surface area contributed by atoms with Crippen LogP contribution in [0.2, 0.25) is 5.02 Å². The van der Waals surface area contributed by atoms with Gasteiger partial charge in [-0.05, 0) is 24.3 Å². The Morgan fingerprint density at radius 3 is 2.70 bits per heavy atom. The van der Waals surface area contributed by atoms with Crippen LogP contribution in [0, 0.1) is 15.9 Å². The molecule has 8 nitrogen and oxygen atoms in total. The maximum absolute atomic E-state index is 12.9. The van der Waals surface area contributed by atoms with Crippen LogP contribution in [0.15, 0.2) is 34.7 Å². The largest absolute Gasteiger partial charge is 0.450 e. The van der Waals surface area contributed by atoms with Crippen molar-refractivity contribution < 1.29 is 28.1 Å². The Hall–Kier alpha value is -2.94. The molecule has 0 bridgehead atoms. The second-order valence-electron chi connectivity index (χ2n) is 4.14. The maximum Gasteiger partial charge on any atom is 0.433 e. The number of rotatable bonds is 5. The Kier molecular flexibility index (Phi) is 4.91. The van der Waals surface area contributed by atoms with E-state index in [0.717, 1.165) is 24.3 Å². The van der Waals surface area contributed by atoms with Crippen molar-refractivity contribution in [3.05, 3.63) is 57.0 Å². The Labute approximate surface area is 132 Å².